The molecule has 5 heteroatoms. The van der Waals surface area contributed by atoms with Crippen LogP contribution >= 0.6 is 0 Å². The molecule has 1 aromatic rings. The lowest BCUT2D eigenvalue weighted by molar-refractivity contribution is -0.146. The van der Waals surface area contributed by atoms with E-state index in [4.69, 9.17) is 4.74 Å². The van der Waals surface area contributed by atoms with Crippen molar-refractivity contribution >= 4 is 11.9 Å². The number of aryl methyl sites for hydroxylation is 1. The molecule has 19 heavy (non-hydrogen) atoms. The van der Waals surface area contributed by atoms with Gasteiger partial charge in [-0.1, -0.05) is 6.07 Å². The minimum absolute atomic E-state index is 0.105. The standard InChI is InChI=1S/C14H18N2O3/c1-10-5-3-7-15-12(10)13(17)16-8-4-6-11(9-16)14(18)19-2/h3,5,7,11H,4,6,8-9H2,1-2H3/t11-/m0/s1. The summed E-state index contributed by atoms with van der Waals surface area (Å²) in [5, 5.41) is 0. The molecule has 1 atom stereocenters. The monoisotopic (exact) mass is 262 g/mol. The van der Waals surface area contributed by atoms with Crippen LogP contribution in [-0.2, 0) is 9.53 Å². The van der Waals surface area contributed by atoms with Crippen molar-refractivity contribution in [2.24, 2.45) is 5.92 Å². The van der Waals surface area contributed by atoms with Crippen molar-refractivity contribution in [3.8, 4) is 0 Å². The van der Waals surface area contributed by atoms with Gasteiger partial charge in [0.15, 0.2) is 0 Å². The number of ether oxygens (including phenoxy) is 1. The maximum atomic E-state index is 12.4. The summed E-state index contributed by atoms with van der Waals surface area (Å²) in [5.74, 6) is -0.561. The van der Waals surface area contributed by atoms with Crippen molar-refractivity contribution in [3.05, 3.63) is 29.6 Å². The number of piperidine rings is 1. The zero-order valence-corrected chi connectivity index (χ0v) is 11.3. The number of hydrogen-bond donors (Lipinski definition) is 0. The fourth-order valence-corrected chi connectivity index (χ4v) is 2.38. The van der Waals surface area contributed by atoms with E-state index in [9.17, 15) is 9.59 Å². The first kappa shape index (κ1) is 13.5. The highest BCUT2D eigenvalue weighted by atomic mass is 16.5. The van der Waals surface area contributed by atoms with Crippen LogP contribution in [0.2, 0.25) is 0 Å². The van der Waals surface area contributed by atoms with Gasteiger partial charge in [0.05, 0.1) is 13.0 Å². The van der Waals surface area contributed by atoms with E-state index in [-0.39, 0.29) is 17.8 Å². The Morgan fingerprint density at radius 1 is 1.47 bits per heavy atom. The van der Waals surface area contributed by atoms with Crippen LogP contribution < -0.4 is 0 Å². The average molecular weight is 262 g/mol. The second kappa shape index (κ2) is 5.82. The molecule has 0 spiro atoms. The number of nitrogens with zero attached hydrogens (tertiary/aromatic N) is 2. The lowest BCUT2D eigenvalue weighted by Crippen LogP contribution is -2.43. The van der Waals surface area contributed by atoms with Crippen molar-refractivity contribution in [3.63, 3.8) is 0 Å². The van der Waals surface area contributed by atoms with Gasteiger partial charge in [-0.3, -0.25) is 14.6 Å². The van der Waals surface area contributed by atoms with Crippen LogP contribution in [0.1, 0.15) is 28.9 Å². The van der Waals surface area contributed by atoms with Crippen LogP contribution in [0, 0.1) is 12.8 Å². The molecule has 1 aliphatic rings. The number of esters is 1. The first-order valence-electron chi connectivity index (χ1n) is 6.42. The number of aromatic nitrogens is 1. The van der Waals surface area contributed by atoms with Gasteiger partial charge in [0.1, 0.15) is 5.69 Å². The van der Waals surface area contributed by atoms with Gasteiger partial charge in [0.2, 0.25) is 0 Å². The number of carbonyl (C=O) groups is 2. The van der Waals surface area contributed by atoms with E-state index >= 15 is 0 Å². The molecule has 1 saturated heterocycles. The minimum atomic E-state index is -0.241. The Kier molecular flexibility index (Phi) is 4.14. The maximum absolute atomic E-state index is 12.4. The highest BCUT2D eigenvalue weighted by Gasteiger charge is 2.30. The van der Waals surface area contributed by atoms with E-state index in [2.05, 4.69) is 4.98 Å². The van der Waals surface area contributed by atoms with E-state index in [1.54, 1.807) is 17.2 Å². The van der Waals surface area contributed by atoms with E-state index < -0.39 is 0 Å². The zero-order valence-electron chi connectivity index (χ0n) is 11.3. The quantitative estimate of drug-likeness (QED) is 0.756. The minimum Gasteiger partial charge on any atom is -0.469 e. The molecule has 5 nitrogen and oxygen atoms in total. The largest absolute Gasteiger partial charge is 0.469 e. The number of pyridine rings is 1. The second-order valence-corrected chi connectivity index (χ2v) is 4.78. The highest BCUT2D eigenvalue weighted by molar-refractivity contribution is 5.94. The SMILES string of the molecule is COC(=O)[C@H]1CCCN(C(=O)c2ncccc2C)C1. The van der Waals surface area contributed by atoms with Gasteiger partial charge in [0.25, 0.3) is 5.91 Å². The van der Waals surface area contributed by atoms with Crippen LogP contribution in [0.15, 0.2) is 18.3 Å². The van der Waals surface area contributed by atoms with Crippen molar-refractivity contribution in [2.75, 3.05) is 20.2 Å². The smallest absolute Gasteiger partial charge is 0.310 e. The van der Waals surface area contributed by atoms with Crippen LogP contribution in [0.5, 0.6) is 0 Å². The summed E-state index contributed by atoms with van der Waals surface area (Å²) in [6, 6.07) is 3.67. The fourth-order valence-electron chi connectivity index (χ4n) is 2.38. The molecule has 1 fully saturated rings. The molecule has 0 N–H and O–H groups in total. The predicted octanol–water partition coefficient (Wildman–Crippen LogP) is 1.42. The number of rotatable bonds is 2. The summed E-state index contributed by atoms with van der Waals surface area (Å²) in [6.07, 6.45) is 3.21. The first-order valence-corrected chi connectivity index (χ1v) is 6.42. The zero-order chi connectivity index (χ0) is 13.8. The number of methoxy groups -OCH3 is 1. The third-order valence-electron chi connectivity index (χ3n) is 3.46. The first-order chi connectivity index (χ1) is 9.13. The van der Waals surface area contributed by atoms with Gasteiger partial charge in [-0.15, -0.1) is 0 Å². The van der Waals surface area contributed by atoms with Gasteiger partial charge < -0.3 is 9.64 Å². The summed E-state index contributed by atoms with van der Waals surface area (Å²) in [7, 11) is 1.38. The molecule has 1 aliphatic heterocycles. The molecule has 1 amide bonds. The molecular formula is C14H18N2O3. The Labute approximate surface area is 112 Å². The second-order valence-electron chi connectivity index (χ2n) is 4.78. The Morgan fingerprint density at radius 3 is 2.95 bits per heavy atom. The Bertz CT molecular complexity index is 487. The van der Waals surface area contributed by atoms with Gasteiger partial charge in [0, 0.05) is 19.3 Å². The van der Waals surface area contributed by atoms with Gasteiger partial charge in [-0.25, -0.2) is 0 Å². The molecule has 0 unspecified atom stereocenters. The Balaban J connectivity index is 2.11. The van der Waals surface area contributed by atoms with E-state index in [0.29, 0.717) is 18.8 Å². The Morgan fingerprint density at radius 2 is 2.26 bits per heavy atom. The van der Waals surface area contributed by atoms with Gasteiger partial charge in [-0.2, -0.15) is 0 Å². The van der Waals surface area contributed by atoms with E-state index in [1.165, 1.54) is 7.11 Å². The van der Waals surface area contributed by atoms with Gasteiger partial charge >= 0.3 is 5.97 Å². The lowest BCUT2D eigenvalue weighted by atomic mass is 9.97. The van der Waals surface area contributed by atoms with E-state index in [0.717, 1.165) is 18.4 Å². The average Bonchev–Trinajstić information content (AvgIpc) is 2.46. The maximum Gasteiger partial charge on any atom is 0.310 e. The number of hydrogen-bond acceptors (Lipinski definition) is 4. The molecule has 0 aromatic carbocycles. The van der Waals surface area contributed by atoms with Crippen molar-refractivity contribution in [1.29, 1.82) is 0 Å². The third-order valence-corrected chi connectivity index (χ3v) is 3.46. The molecule has 2 heterocycles. The predicted molar refractivity (Wildman–Crippen MR) is 69.6 cm³/mol. The summed E-state index contributed by atoms with van der Waals surface area (Å²) in [6.45, 7) is 2.95. The van der Waals surface area contributed by atoms with Crippen molar-refractivity contribution in [1.82, 2.24) is 9.88 Å². The molecule has 2 rings (SSSR count). The Hall–Kier alpha value is -1.91. The summed E-state index contributed by atoms with van der Waals surface area (Å²) < 4.78 is 4.75. The number of likely N-dealkylation sites (tertiary alicyclic amines) is 1. The normalized spacial score (nSPS) is 19.1. The topological polar surface area (TPSA) is 59.5 Å². The fraction of sp³-hybridized carbons (Fsp3) is 0.500. The molecule has 0 aliphatic carbocycles. The van der Waals surface area contributed by atoms with Gasteiger partial charge in [-0.05, 0) is 31.4 Å². The van der Waals surface area contributed by atoms with Crippen LogP contribution in [0.25, 0.3) is 0 Å². The van der Waals surface area contributed by atoms with E-state index in [1.807, 2.05) is 13.0 Å². The lowest BCUT2D eigenvalue weighted by Gasteiger charge is -2.31. The van der Waals surface area contributed by atoms with Crippen LogP contribution in [-0.4, -0.2) is 42.0 Å². The van der Waals surface area contributed by atoms with Crippen molar-refractivity contribution < 1.29 is 14.3 Å². The molecule has 102 valence electrons. The molecular weight excluding hydrogens is 244 g/mol. The third kappa shape index (κ3) is 2.92. The number of carbonyl (C=O) groups excluding carboxylic acids is 2. The number of amides is 1. The summed E-state index contributed by atoms with van der Waals surface area (Å²) >= 11 is 0. The summed E-state index contributed by atoms with van der Waals surface area (Å²) in [4.78, 5) is 29.8. The molecule has 0 saturated carbocycles. The molecule has 0 radical (unpaired) electrons. The molecule has 1 aromatic heterocycles. The molecule has 0 bridgehead atoms. The summed E-state index contributed by atoms with van der Waals surface area (Å²) in [5.41, 5.74) is 1.32. The van der Waals surface area contributed by atoms with Crippen LogP contribution in [0.4, 0.5) is 0 Å². The van der Waals surface area contributed by atoms with Crippen molar-refractivity contribution in [2.45, 2.75) is 19.8 Å². The highest BCUT2D eigenvalue weighted by Crippen LogP contribution is 2.20. The van der Waals surface area contributed by atoms with Crippen LogP contribution in [0.3, 0.4) is 0 Å².